The van der Waals surface area contributed by atoms with Crippen molar-refractivity contribution in [3.05, 3.63) is 69.8 Å². The molecule has 28 heavy (non-hydrogen) atoms. The number of aromatic nitrogens is 3. The molecule has 10 heteroatoms. The number of nitrogens with one attached hydrogen (secondary N) is 3. The fourth-order valence-electron chi connectivity index (χ4n) is 2.83. The molecule has 1 aliphatic heterocycles. The molecule has 0 saturated carbocycles. The predicted octanol–water partition coefficient (Wildman–Crippen LogP) is 4.74. The Bertz CT molecular complexity index is 1050. The number of amidine groups is 1. The molecule has 0 fully saturated rings. The largest absolute Gasteiger partial charge is 0.346 e. The number of halogens is 4. The molecule has 3 aromatic rings. The Morgan fingerprint density at radius 2 is 2.04 bits per heavy atom. The van der Waals surface area contributed by atoms with Gasteiger partial charge in [0, 0.05) is 21.8 Å². The standard InChI is InChI=1S/C18H14BrF3N6/c1-9-7-14(28-27-9)24-16-11-3-2-4-12(19)15(11)25-17(26-16)18(21,22)13-6-5-10(20)8-23-13/h2-8,16H,1H3,(H,25,26)(H2,24,27,28). The molecule has 3 heterocycles. The van der Waals surface area contributed by atoms with Gasteiger partial charge in [-0.05, 0) is 41.1 Å². The van der Waals surface area contributed by atoms with E-state index < -0.39 is 29.4 Å². The van der Waals surface area contributed by atoms with Crippen molar-refractivity contribution in [1.82, 2.24) is 15.2 Å². The van der Waals surface area contributed by atoms with Gasteiger partial charge in [-0.2, -0.15) is 13.9 Å². The van der Waals surface area contributed by atoms with Crippen molar-refractivity contribution in [2.24, 2.45) is 4.99 Å². The van der Waals surface area contributed by atoms with Crippen LogP contribution in [-0.4, -0.2) is 21.0 Å². The predicted molar refractivity (Wildman–Crippen MR) is 103 cm³/mol. The molecule has 0 saturated heterocycles. The smallest absolute Gasteiger partial charge is 0.343 e. The molecule has 1 unspecified atom stereocenters. The van der Waals surface area contributed by atoms with Gasteiger partial charge in [-0.25, -0.2) is 9.38 Å². The molecule has 0 aliphatic carbocycles. The first-order chi connectivity index (χ1) is 13.3. The summed E-state index contributed by atoms with van der Waals surface area (Å²) in [6, 6.07) is 8.92. The highest BCUT2D eigenvalue weighted by atomic mass is 79.9. The third-order valence-electron chi connectivity index (χ3n) is 4.18. The number of nitrogens with zero attached hydrogens (tertiary/aromatic N) is 3. The van der Waals surface area contributed by atoms with E-state index in [-0.39, 0.29) is 0 Å². The fraction of sp³-hybridized carbons (Fsp3) is 0.167. The van der Waals surface area contributed by atoms with Crippen LogP contribution in [0.5, 0.6) is 0 Å². The van der Waals surface area contributed by atoms with E-state index in [0.717, 1.165) is 24.0 Å². The van der Waals surface area contributed by atoms with Crippen LogP contribution in [0.25, 0.3) is 0 Å². The highest BCUT2D eigenvalue weighted by molar-refractivity contribution is 9.10. The minimum absolute atomic E-state index is 0.457. The molecule has 0 spiro atoms. The van der Waals surface area contributed by atoms with E-state index >= 15 is 8.78 Å². The second kappa shape index (κ2) is 6.93. The van der Waals surface area contributed by atoms with Gasteiger partial charge < -0.3 is 10.6 Å². The Kier molecular flexibility index (Phi) is 4.58. The summed E-state index contributed by atoms with van der Waals surface area (Å²) >= 11 is 3.38. The highest BCUT2D eigenvalue weighted by Gasteiger charge is 2.43. The number of para-hydroxylation sites is 1. The van der Waals surface area contributed by atoms with Gasteiger partial charge in [0.15, 0.2) is 5.84 Å². The van der Waals surface area contributed by atoms with Crippen molar-refractivity contribution in [2.45, 2.75) is 19.0 Å². The van der Waals surface area contributed by atoms with E-state index in [1.165, 1.54) is 0 Å². The molecule has 2 aromatic heterocycles. The number of aromatic amines is 1. The van der Waals surface area contributed by atoms with Crippen molar-refractivity contribution in [2.75, 3.05) is 10.6 Å². The van der Waals surface area contributed by atoms with Crippen molar-refractivity contribution >= 4 is 33.3 Å². The monoisotopic (exact) mass is 450 g/mol. The van der Waals surface area contributed by atoms with Crippen LogP contribution < -0.4 is 10.6 Å². The van der Waals surface area contributed by atoms with Crippen LogP contribution in [0.2, 0.25) is 0 Å². The number of H-pyrrole nitrogens is 1. The highest BCUT2D eigenvalue weighted by Crippen LogP contribution is 2.40. The van der Waals surface area contributed by atoms with E-state index in [9.17, 15) is 4.39 Å². The van der Waals surface area contributed by atoms with Gasteiger partial charge >= 0.3 is 5.92 Å². The SMILES string of the molecule is Cc1cc(NC2N=C(C(F)(F)c3ccc(F)cn3)Nc3c(Br)cccc32)n[nH]1. The van der Waals surface area contributed by atoms with Crippen LogP contribution in [0.4, 0.5) is 24.7 Å². The molecule has 1 atom stereocenters. The van der Waals surface area contributed by atoms with Gasteiger partial charge in [0.1, 0.15) is 23.5 Å². The van der Waals surface area contributed by atoms with Crippen LogP contribution in [0, 0.1) is 12.7 Å². The number of rotatable bonds is 4. The van der Waals surface area contributed by atoms with Gasteiger partial charge in [0.2, 0.25) is 0 Å². The van der Waals surface area contributed by atoms with E-state index in [1.54, 1.807) is 24.3 Å². The zero-order valence-electron chi connectivity index (χ0n) is 14.5. The number of hydrogen-bond acceptors (Lipinski definition) is 5. The lowest BCUT2D eigenvalue weighted by molar-refractivity contribution is 0.0699. The van der Waals surface area contributed by atoms with Gasteiger partial charge in [0.05, 0.1) is 11.9 Å². The molecule has 0 radical (unpaired) electrons. The number of benzene rings is 1. The third kappa shape index (κ3) is 3.35. The van der Waals surface area contributed by atoms with E-state index in [2.05, 4.69) is 46.7 Å². The zero-order valence-corrected chi connectivity index (χ0v) is 16.1. The summed E-state index contributed by atoms with van der Waals surface area (Å²) in [6.45, 7) is 1.83. The Hall–Kier alpha value is -2.88. The van der Waals surface area contributed by atoms with Crippen LogP contribution in [0.15, 0.2) is 52.1 Å². The minimum Gasteiger partial charge on any atom is -0.343 e. The number of anilines is 2. The number of alkyl halides is 2. The van der Waals surface area contributed by atoms with Gasteiger partial charge in [-0.3, -0.25) is 10.1 Å². The Balaban J connectivity index is 1.76. The summed E-state index contributed by atoms with van der Waals surface area (Å²) in [5, 5.41) is 12.6. The number of aryl methyl sites for hydroxylation is 1. The molecule has 0 bridgehead atoms. The Labute approximate surface area is 166 Å². The van der Waals surface area contributed by atoms with Gasteiger partial charge in [-0.1, -0.05) is 12.1 Å². The maximum absolute atomic E-state index is 15.1. The van der Waals surface area contributed by atoms with Crippen LogP contribution >= 0.6 is 15.9 Å². The van der Waals surface area contributed by atoms with Crippen molar-refractivity contribution in [3.63, 3.8) is 0 Å². The molecule has 144 valence electrons. The summed E-state index contributed by atoms with van der Waals surface area (Å²) in [4.78, 5) is 7.70. The summed E-state index contributed by atoms with van der Waals surface area (Å²) in [5.74, 6) is -4.38. The average molecular weight is 451 g/mol. The minimum atomic E-state index is -3.55. The topological polar surface area (TPSA) is 78.0 Å². The first-order valence-corrected chi connectivity index (χ1v) is 9.06. The summed E-state index contributed by atoms with van der Waals surface area (Å²) < 4.78 is 43.8. The molecule has 3 N–H and O–H groups in total. The summed E-state index contributed by atoms with van der Waals surface area (Å²) in [7, 11) is 0. The molecule has 0 amide bonds. The molecule has 1 aromatic carbocycles. The molecular formula is C18H14BrF3N6. The molecule has 6 nitrogen and oxygen atoms in total. The molecule has 4 rings (SSSR count). The first-order valence-electron chi connectivity index (χ1n) is 8.26. The quantitative estimate of drug-likeness (QED) is 0.536. The third-order valence-corrected chi connectivity index (χ3v) is 4.84. The normalized spacial score (nSPS) is 16.2. The Morgan fingerprint density at radius 1 is 1.21 bits per heavy atom. The average Bonchev–Trinajstić information content (AvgIpc) is 3.07. The number of aliphatic imine (C=N–C) groups is 1. The lowest BCUT2D eigenvalue weighted by Crippen LogP contribution is -2.37. The van der Waals surface area contributed by atoms with Gasteiger partial charge in [-0.15, -0.1) is 0 Å². The van der Waals surface area contributed by atoms with Crippen LogP contribution in [0.1, 0.15) is 23.1 Å². The summed E-state index contributed by atoms with van der Waals surface area (Å²) in [5.41, 5.74) is 1.33. The van der Waals surface area contributed by atoms with Crippen molar-refractivity contribution in [3.8, 4) is 0 Å². The van der Waals surface area contributed by atoms with Crippen molar-refractivity contribution < 1.29 is 13.2 Å². The second-order valence-corrected chi connectivity index (χ2v) is 7.08. The van der Waals surface area contributed by atoms with Crippen LogP contribution in [-0.2, 0) is 5.92 Å². The maximum atomic E-state index is 15.1. The number of hydrogen-bond donors (Lipinski definition) is 3. The fourth-order valence-corrected chi connectivity index (χ4v) is 3.32. The van der Waals surface area contributed by atoms with E-state index in [0.29, 0.717) is 21.5 Å². The number of pyridine rings is 1. The second-order valence-electron chi connectivity index (χ2n) is 6.23. The molecule has 1 aliphatic rings. The van der Waals surface area contributed by atoms with E-state index in [1.807, 2.05) is 6.92 Å². The first kappa shape index (κ1) is 18.5. The maximum Gasteiger partial charge on any atom is 0.346 e. The lowest BCUT2D eigenvalue weighted by atomic mass is 10.1. The lowest BCUT2D eigenvalue weighted by Gasteiger charge is -2.29. The zero-order chi connectivity index (χ0) is 19.9. The van der Waals surface area contributed by atoms with Crippen LogP contribution in [0.3, 0.4) is 0 Å². The summed E-state index contributed by atoms with van der Waals surface area (Å²) in [6.07, 6.45) is -0.0589. The van der Waals surface area contributed by atoms with Gasteiger partial charge in [0.25, 0.3) is 0 Å². The van der Waals surface area contributed by atoms with E-state index in [4.69, 9.17) is 0 Å². The Morgan fingerprint density at radius 3 is 2.71 bits per heavy atom. The number of fused-ring (bicyclic) bond motifs is 1. The van der Waals surface area contributed by atoms with Crippen molar-refractivity contribution in [1.29, 1.82) is 0 Å². The molecular weight excluding hydrogens is 437 g/mol.